The monoisotopic (exact) mass is 349 g/mol. The minimum Gasteiger partial charge on any atom is -0.478 e. The molecule has 0 aliphatic carbocycles. The van der Waals surface area contributed by atoms with Gasteiger partial charge in [0, 0.05) is 24.4 Å². The number of guanidine groups is 1. The van der Waals surface area contributed by atoms with Crippen molar-refractivity contribution in [2.45, 2.75) is 38.5 Å². The lowest BCUT2D eigenvalue weighted by atomic mass is 10.1. The zero-order valence-electron chi connectivity index (χ0n) is 14.8. The van der Waals surface area contributed by atoms with Crippen LogP contribution in [0.3, 0.4) is 0 Å². The summed E-state index contributed by atoms with van der Waals surface area (Å²) in [5.74, 6) is 0.622. The molecule has 0 aromatic carbocycles. The molecule has 8 nitrogen and oxygen atoms in total. The molecule has 25 heavy (non-hydrogen) atoms. The van der Waals surface area contributed by atoms with E-state index in [-0.39, 0.29) is 11.8 Å². The van der Waals surface area contributed by atoms with E-state index in [0.717, 1.165) is 32.5 Å². The van der Waals surface area contributed by atoms with Gasteiger partial charge in [0.2, 0.25) is 5.88 Å². The van der Waals surface area contributed by atoms with Crippen LogP contribution in [0.5, 0.6) is 5.88 Å². The summed E-state index contributed by atoms with van der Waals surface area (Å²) in [5, 5.41) is 20.6. The fraction of sp³-hybridized carbons (Fsp3) is 0.588. The van der Waals surface area contributed by atoms with E-state index in [4.69, 9.17) is 27.0 Å². The summed E-state index contributed by atoms with van der Waals surface area (Å²) >= 11 is 0. The predicted octanol–water partition coefficient (Wildman–Crippen LogP) is 1.16. The van der Waals surface area contributed by atoms with Gasteiger partial charge in [-0.2, -0.15) is 0 Å². The standard InChI is InChI=1S/C17H31N7O/c18-16(19)14-7-8-15(24-13-14)25-12-6-10-22-9-4-2-1-3-5-11-23-17(20)21/h7-8,13,22H,1-6,9-12H2,(H3,18,19)(H4,20,21,23). The summed E-state index contributed by atoms with van der Waals surface area (Å²) < 4.78 is 5.55. The Bertz CT molecular complexity index is 504. The lowest BCUT2D eigenvalue weighted by Crippen LogP contribution is -2.30. The number of hydrogen-bond donors (Lipinski definition) is 6. The molecule has 1 aromatic heterocycles. The zero-order chi connectivity index (χ0) is 18.3. The van der Waals surface area contributed by atoms with Crippen LogP contribution in [0.1, 0.15) is 44.1 Å². The second kappa shape index (κ2) is 13.0. The van der Waals surface area contributed by atoms with Gasteiger partial charge in [-0.3, -0.25) is 10.8 Å². The van der Waals surface area contributed by atoms with Crippen molar-refractivity contribution >= 4 is 11.8 Å². The first-order valence-corrected chi connectivity index (χ1v) is 8.81. The molecule has 8 heteroatoms. The number of amidine groups is 1. The van der Waals surface area contributed by atoms with Gasteiger partial charge in [0.1, 0.15) is 5.84 Å². The largest absolute Gasteiger partial charge is 0.478 e. The van der Waals surface area contributed by atoms with Crippen LogP contribution < -0.4 is 26.8 Å². The van der Waals surface area contributed by atoms with Crippen LogP contribution in [-0.2, 0) is 0 Å². The van der Waals surface area contributed by atoms with E-state index in [2.05, 4.69) is 15.6 Å². The van der Waals surface area contributed by atoms with Gasteiger partial charge in [-0.05, 0) is 38.4 Å². The molecule has 1 heterocycles. The van der Waals surface area contributed by atoms with Crippen LogP contribution in [0.25, 0.3) is 0 Å². The highest BCUT2D eigenvalue weighted by Gasteiger charge is 1.99. The van der Waals surface area contributed by atoms with Crippen molar-refractivity contribution in [1.29, 1.82) is 10.8 Å². The maximum absolute atomic E-state index is 7.30. The number of hydrogen-bond acceptors (Lipinski definition) is 5. The van der Waals surface area contributed by atoms with E-state index < -0.39 is 0 Å². The fourth-order valence-corrected chi connectivity index (χ4v) is 2.25. The summed E-state index contributed by atoms with van der Waals surface area (Å²) in [6.45, 7) is 3.35. The number of unbranched alkanes of at least 4 members (excludes halogenated alkanes) is 4. The van der Waals surface area contributed by atoms with Gasteiger partial charge in [0.15, 0.2) is 5.96 Å². The Morgan fingerprint density at radius 3 is 2.28 bits per heavy atom. The van der Waals surface area contributed by atoms with Crippen LogP contribution in [0.2, 0.25) is 0 Å². The SMILES string of the molecule is N=C(N)NCCCCCCCNCCCOc1ccc(C(=N)N)cn1. The highest BCUT2D eigenvalue weighted by molar-refractivity contribution is 5.94. The Kier molecular flexibility index (Phi) is 10.8. The summed E-state index contributed by atoms with van der Waals surface area (Å²) in [5.41, 5.74) is 11.2. The smallest absolute Gasteiger partial charge is 0.213 e. The molecule has 0 radical (unpaired) electrons. The Morgan fingerprint density at radius 2 is 1.64 bits per heavy atom. The van der Waals surface area contributed by atoms with E-state index in [1.54, 1.807) is 18.3 Å². The van der Waals surface area contributed by atoms with Gasteiger partial charge < -0.3 is 26.8 Å². The first kappa shape index (κ1) is 20.7. The van der Waals surface area contributed by atoms with Crippen molar-refractivity contribution in [3.63, 3.8) is 0 Å². The normalized spacial score (nSPS) is 10.4. The third kappa shape index (κ3) is 10.9. The molecule has 0 unspecified atom stereocenters. The molecular weight excluding hydrogens is 318 g/mol. The maximum Gasteiger partial charge on any atom is 0.213 e. The third-order valence-electron chi connectivity index (χ3n) is 3.64. The second-order valence-electron chi connectivity index (χ2n) is 5.86. The lowest BCUT2D eigenvalue weighted by molar-refractivity contribution is 0.296. The van der Waals surface area contributed by atoms with E-state index in [0.29, 0.717) is 18.1 Å². The van der Waals surface area contributed by atoms with Gasteiger partial charge >= 0.3 is 0 Å². The molecule has 0 bridgehead atoms. The second-order valence-corrected chi connectivity index (χ2v) is 5.86. The highest BCUT2D eigenvalue weighted by atomic mass is 16.5. The number of nitrogens with two attached hydrogens (primary N) is 2. The van der Waals surface area contributed by atoms with Crippen molar-refractivity contribution in [2.24, 2.45) is 11.5 Å². The highest BCUT2D eigenvalue weighted by Crippen LogP contribution is 2.07. The van der Waals surface area contributed by atoms with E-state index >= 15 is 0 Å². The first-order chi connectivity index (χ1) is 12.1. The summed E-state index contributed by atoms with van der Waals surface area (Å²) in [7, 11) is 0. The Labute approximate surface area is 149 Å². The third-order valence-corrected chi connectivity index (χ3v) is 3.64. The number of nitrogen functional groups attached to an aromatic ring is 1. The average Bonchev–Trinajstić information content (AvgIpc) is 2.59. The fourth-order valence-electron chi connectivity index (χ4n) is 2.25. The first-order valence-electron chi connectivity index (χ1n) is 8.81. The molecule has 1 rings (SSSR count). The summed E-state index contributed by atoms with van der Waals surface area (Å²) in [6.07, 6.45) is 8.31. The van der Waals surface area contributed by atoms with Crippen molar-refractivity contribution in [3.8, 4) is 5.88 Å². The summed E-state index contributed by atoms with van der Waals surface area (Å²) in [6, 6.07) is 3.47. The van der Waals surface area contributed by atoms with E-state index in [1.165, 1.54) is 25.7 Å². The van der Waals surface area contributed by atoms with Crippen molar-refractivity contribution in [3.05, 3.63) is 23.9 Å². The lowest BCUT2D eigenvalue weighted by Gasteiger charge is -2.07. The molecule has 140 valence electrons. The van der Waals surface area contributed by atoms with Crippen LogP contribution in [0.4, 0.5) is 0 Å². The van der Waals surface area contributed by atoms with Crippen LogP contribution >= 0.6 is 0 Å². The van der Waals surface area contributed by atoms with Gasteiger partial charge in [-0.1, -0.05) is 19.3 Å². The number of rotatable bonds is 14. The number of ether oxygens (including phenoxy) is 1. The molecule has 1 aromatic rings. The molecule has 0 aliphatic rings. The minimum atomic E-state index is 0.0102. The number of pyridine rings is 1. The molecule has 0 fully saturated rings. The topological polar surface area (TPSA) is 146 Å². The van der Waals surface area contributed by atoms with Gasteiger partial charge in [-0.25, -0.2) is 4.98 Å². The molecule has 0 amide bonds. The Balaban J connectivity index is 1.87. The van der Waals surface area contributed by atoms with Crippen molar-refractivity contribution in [2.75, 3.05) is 26.2 Å². The molecule has 0 aliphatic heterocycles. The van der Waals surface area contributed by atoms with Crippen molar-refractivity contribution < 1.29 is 4.74 Å². The van der Waals surface area contributed by atoms with Gasteiger partial charge in [0.05, 0.1) is 6.61 Å². The molecule has 0 spiro atoms. The molecule has 0 atom stereocenters. The van der Waals surface area contributed by atoms with Crippen LogP contribution in [0, 0.1) is 10.8 Å². The average molecular weight is 349 g/mol. The Hall–Kier alpha value is -2.35. The maximum atomic E-state index is 7.30. The van der Waals surface area contributed by atoms with E-state index in [1.807, 2.05) is 0 Å². The number of aromatic nitrogens is 1. The quantitative estimate of drug-likeness (QED) is 0.169. The van der Waals surface area contributed by atoms with Crippen molar-refractivity contribution in [1.82, 2.24) is 15.6 Å². The molecular formula is C17H31N7O. The molecule has 0 saturated carbocycles. The Morgan fingerprint density at radius 1 is 0.960 bits per heavy atom. The molecule has 8 N–H and O–H groups in total. The zero-order valence-corrected chi connectivity index (χ0v) is 14.8. The van der Waals surface area contributed by atoms with Gasteiger partial charge in [-0.15, -0.1) is 0 Å². The predicted molar refractivity (Wildman–Crippen MR) is 101 cm³/mol. The number of nitrogens with zero attached hydrogens (tertiary/aromatic N) is 1. The molecule has 0 saturated heterocycles. The minimum absolute atomic E-state index is 0.0102. The summed E-state index contributed by atoms with van der Waals surface area (Å²) in [4.78, 5) is 4.11. The number of nitrogens with one attached hydrogen (secondary N) is 4. The van der Waals surface area contributed by atoms with E-state index in [9.17, 15) is 0 Å². The van der Waals surface area contributed by atoms with Crippen LogP contribution in [0.15, 0.2) is 18.3 Å². The van der Waals surface area contributed by atoms with Gasteiger partial charge in [0.25, 0.3) is 0 Å². The van der Waals surface area contributed by atoms with Crippen LogP contribution in [-0.4, -0.2) is 43.0 Å².